The third-order valence-electron chi connectivity index (χ3n) is 5.40. The molecule has 1 aliphatic carbocycles. The summed E-state index contributed by atoms with van der Waals surface area (Å²) in [5, 5.41) is 0. The summed E-state index contributed by atoms with van der Waals surface area (Å²) in [6.45, 7) is 7.12. The second-order valence-electron chi connectivity index (χ2n) is 8.21. The Balaban J connectivity index is 0.00000312. The Bertz CT molecular complexity index is 551. The van der Waals surface area contributed by atoms with Gasteiger partial charge in [-0.2, -0.15) is 0 Å². The molecule has 25 heavy (non-hydrogen) atoms. The van der Waals surface area contributed by atoms with Crippen LogP contribution in [0.25, 0.3) is 0 Å². The van der Waals surface area contributed by atoms with Crippen molar-refractivity contribution in [3.8, 4) is 0 Å². The first-order valence-corrected chi connectivity index (χ1v) is 9.44. The fourth-order valence-corrected chi connectivity index (χ4v) is 4.06. The van der Waals surface area contributed by atoms with Crippen LogP contribution in [0.5, 0.6) is 0 Å². The van der Waals surface area contributed by atoms with E-state index < -0.39 is 0 Å². The zero-order valence-electron chi connectivity index (χ0n) is 16.4. The van der Waals surface area contributed by atoms with Gasteiger partial charge in [-0.25, -0.2) is 4.79 Å². The van der Waals surface area contributed by atoms with E-state index in [4.69, 9.17) is 4.74 Å². The van der Waals surface area contributed by atoms with Crippen LogP contribution in [0, 0.1) is 0 Å². The molecule has 1 unspecified atom stereocenters. The average Bonchev–Trinajstić information content (AvgIpc) is 2.55. The van der Waals surface area contributed by atoms with Gasteiger partial charge in [0.1, 0.15) is 12.6 Å². The van der Waals surface area contributed by atoms with E-state index in [2.05, 4.69) is 27.9 Å². The number of halogens is 1. The van der Waals surface area contributed by atoms with Crippen LogP contribution in [0.1, 0.15) is 74.7 Å². The predicted molar refractivity (Wildman–Crippen MR) is 99.3 cm³/mol. The highest BCUT2D eigenvalue weighted by Crippen LogP contribution is 2.26. The van der Waals surface area contributed by atoms with Crippen molar-refractivity contribution in [1.29, 1.82) is 0 Å². The maximum atomic E-state index is 12.6. The van der Waals surface area contributed by atoms with Crippen LogP contribution in [-0.2, 0) is 4.74 Å². The molecule has 2 rings (SSSR count). The molecule has 1 fully saturated rings. The molecule has 0 bridgehead atoms. The first kappa shape index (κ1) is 22.4. The fraction of sp³-hybridized carbons (Fsp3) is 0.667. The van der Waals surface area contributed by atoms with Crippen molar-refractivity contribution >= 4 is 5.97 Å². The Morgan fingerprint density at radius 3 is 2.32 bits per heavy atom. The van der Waals surface area contributed by atoms with E-state index in [1.165, 1.54) is 32.1 Å². The van der Waals surface area contributed by atoms with Gasteiger partial charge < -0.3 is 33.2 Å². The smallest absolute Gasteiger partial charge is 0.338 e. The first-order chi connectivity index (χ1) is 11.3. The molecule has 0 aromatic heterocycles. The van der Waals surface area contributed by atoms with E-state index in [1.807, 2.05) is 31.2 Å². The highest BCUT2D eigenvalue weighted by molar-refractivity contribution is 5.91. The van der Waals surface area contributed by atoms with Gasteiger partial charge in [-0.3, -0.25) is 0 Å². The summed E-state index contributed by atoms with van der Waals surface area (Å²) in [6.07, 6.45) is 6.56. The molecular formula is C21H34INO2. The van der Waals surface area contributed by atoms with Crippen LogP contribution in [0.15, 0.2) is 24.3 Å². The average molecular weight is 459 g/mol. The lowest BCUT2D eigenvalue weighted by Crippen LogP contribution is -3.00. The van der Waals surface area contributed by atoms with Crippen LogP contribution in [0.4, 0.5) is 0 Å². The number of nitrogens with zero attached hydrogens (tertiary/aromatic N) is 1. The van der Waals surface area contributed by atoms with Crippen molar-refractivity contribution < 1.29 is 38.0 Å². The quantitative estimate of drug-likeness (QED) is 0.368. The molecule has 0 N–H and O–H groups in total. The molecule has 4 heteroatoms. The second kappa shape index (κ2) is 9.91. The highest BCUT2D eigenvalue weighted by atomic mass is 127. The van der Waals surface area contributed by atoms with Gasteiger partial charge >= 0.3 is 5.97 Å². The monoisotopic (exact) mass is 459 g/mol. The standard InChI is InChI=1S/C21H34NO2.HI/c1-16(2)19-13-9-10-14-20(19)21(23)24-17(3)15-22(4,5)18-11-7-6-8-12-18;/h9-10,13-14,16-18H,6-8,11-12,15H2,1-5H3;1H/q+1;/p-1. The SMILES string of the molecule is CC(C[N+](C)(C)C1CCCCC1)OC(=O)c1ccccc1C(C)C.[I-]. The lowest BCUT2D eigenvalue weighted by molar-refractivity contribution is -0.918. The van der Waals surface area contributed by atoms with Crippen LogP contribution in [-0.4, -0.2) is 43.2 Å². The van der Waals surface area contributed by atoms with Crippen molar-refractivity contribution in [2.75, 3.05) is 20.6 Å². The molecule has 1 aliphatic rings. The molecule has 142 valence electrons. The van der Waals surface area contributed by atoms with Gasteiger partial charge in [0, 0.05) is 0 Å². The van der Waals surface area contributed by atoms with Crippen LogP contribution >= 0.6 is 0 Å². The summed E-state index contributed by atoms with van der Waals surface area (Å²) < 4.78 is 6.74. The molecule has 1 saturated carbocycles. The van der Waals surface area contributed by atoms with E-state index in [9.17, 15) is 4.79 Å². The molecule has 0 saturated heterocycles. The van der Waals surface area contributed by atoms with Crippen molar-refractivity contribution in [2.24, 2.45) is 0 Å². The number of carbonyl (C=O) groups excluding carboxylic acids is 1. The summed E-state index contributed by atoms with van der Waals surface area (Å²) in [7, 11) is 4.56. The number of carbonyl (C=O) groups is 1. The number of rotatable bonds is 6. The Morgan fingerprint density at radius 2 is 1.72 bits per heavy atom. The molecular weight excluding hydrogens is 425 g/mol. The first-order valence-electron chi connectivity index (χ1n) is 9.44. The van der Waals surface area contributed by atoms with Gasteiger partial charge in [0.25, 0.3) is 0 Å². The molecule has 0 spiro atoms. The highest BCUT2D eigenvalue weighted by Gasteiger charge is 2.32. The minimum Gasteiger partial charge on any atom is -1.00 e. The van der Waals surface area contributed by atoms with E-state index >= 15 is 0 Å². The Kier molecular flexibility index (Phi) is 8.89. The Hall–Kier alpha value is -0.620. The number of hydrogen-bond donors (Lipinski definition) is 0. The number of hydrogen-bond acceptors (Lipinski definition) is 2. The number of ether oxygens (including phenoxy) is 1. The number of esters is 1. The fourth-order valence-electron chi connectivity index (χ4n) is 4.06. The van der Waals surface area contributed by atoms with Gasteiger partial charge in [0.15, 0.2) is 0 Å². The van der Waals surface area contributed by atoms with Gasteiger partial charge in [-0.05, 0) is 50.2 Å². The summed E-state index contributed by atoms with van der Waals surface area (Å²) in [6, 6.07) is 8.50. The van der Waals surface area contributed by atoms with E-state index in [0.717, 1.165) is 16.6 Å². The van der Waals surface area contributed by atoms with Gasteiger partial charge in [0.2, 0.25) is 0 Å². The Labute approximate surface area is 170 Å². The number of quaternary nitrogens is 1. The third kappa shape index (κ3) is 6.24. The second-order valence-corrected chi connectivity index (χ2v) is 8.21. The van der Waals surface area contributed by atoms with E-state index in [0.29, 0.717) is 17.5 Å². The molecule has 3 nitrogen and oxygen atoms in total. The largest absolute Gasteiger partial charge is 1.00 e. The summed E-state index contributed by atoms with van der Waals surface area (Å²) >= 11 is 0. The topological polar surface area (TPSA) is 26.3 Å². The van der Waals surface area contributed by atoms with Crippen molar-refractivity contribution in [3.05, 3.63) is 35.4 Å². The molecule has 0 radical (unpaired) electrons. The van der Waals surface area contributed by atoms with Gasteiger partial charge in [-0.1, -0.05) is 38.5 Å². The zero-order chi connectivity index (χ0) is 17.7. The zero-order valence-corrected chi connectivity index (χ0v) is 18.6. The van der Waals surface area contributed by atoms with Gasteiger partial charge in [-0.15, -0.1) is 0 Å². The summed E-state index contributed by atoms with van der Waals surface area (Å²) in [4.78, 5) is 12.6. The van der Waals surface area contributed by atoms with Crippen LogP contribution < -0.4 is 24.0 Å². The van der Waals surface area contributed by atoms with E-state index in [1.54, 1.807) is 0 Å². The molecule has 0 aliphatic heterocycles. The van der Waals surface area contributed by atoms with Crippen molar-refractivity contribution in [3.63, 3.8) is 0 Å². The van der Waals surface area contributed by atoms with Crippen molar-refractivity contribution in [2.45, 2.75) is 70.9 Å². The van der Waals surface area contributed by atoms with Gasteiger partial charge in [0.05, 0.1) is 25.7 Å². The van der Waals surface area contributed by atoms with Crippen LogP contribution in [0.2, 0.25) is 0 Å². The molecule has 0 heterocycles. The number of benzene rings is 1. The predicted octanol–water partition coefficient (Wildman–Crippen LogP) is 1.77. The minimum atomic E-state index is -0.185. The van der Waals surface area contributed by atoms with E-state index in [-0.39, 0.29) is 36.0 Å². The minimum absolute atomic E-state index is 0. The van der Waals surface area contributed by atoms with Crippen LogP contribution in [0.3, 0.4) is 0 Å². The molecule has 1 aromatic carbocycles. The molecule has 1 aromatic rings. The molecule has 0 amide bonds. The number of likely N-dealkylation sites (N-methyl/N-ethyl adjacent to an activating group) is 1. The molecule has 1 atom stereocenters. The Morgan fingerprint density at radius 1 is 1.12 bits per heavy atom. The summed E-state index contributed by atoms with van der Waals surface area (Å²) in [5.41, 5.74) is 1.78. The maximum Gasteiger partial charge on any atom is 0.338 e. The third-order valence-corrected chi connectivity index (χ3v) is 5.40. The van der Waals surface area contributed by atoms with Crippen molar-refractivity contribution in [1.82, 2.24) is 0 Å². The lowest BCUT2D eigenvalue weighted by Gasteiger charge is -2.41. The normalized spacial score (nSPS) is 17.0. The lowest BCUT2D eigenvalue weighted by atomic mass is 9.93. The maximum absolute atomic E-state index is 12.6. The summed E-state index contributed by atoms with van der Waals surface area (Å²) in [5.74, 6) is 0.133.